The molecular weight excluding hydrogens is 456 g/mol. The fourth-order valence-electron chi connectivity index (χ4n) is 4.34. The van der Waals surface area contributed by atoms with Gasteiger partial charge in [-0.3, -0.25) is 0 Å². The monoisotopic (exact) mass is 547 g/mol. The Hall–Kier alpha value is -2.34. The number of fused-ring (bicyclic) bond motifs is 2. The quantitative estimate of drug-likeness (QED) is 0.306. The Bertz CT molecular complexity index is 2720. The van der Waals surface area contributed by atoms with Crippen molar-refractivity contribution < 1.29 is 54.8 Å². The summed E-state index contributed by atoms with van der Waals surface area (Å²) in [6.45, 7) is -32.8. The molecule has 0 atom stereocenters. The fraction of sp³-hybridized carbons (Fsp3) is 0.526. The molecule has 0 heterocycles. The van der Waals surface area contributed by atoms with Gasteiger partial charge in [0.05, 0.1) is 11.0 Å². The van der Waals surface area contributed by atoms with Crippen LogP contribution in [-0.4, -0.2) is 0 Å². The third kappa shape index (κ3) is 4.47. The highest BCUT2D eigenvalue weighted by Crippen LogP contribution is 2.50. The van der Waals surface area contributed by atoms with Crippen LogP contribution >= 0.6 is 0 Å². The lowest BCUT2D eigenvalue weighted by Gasteiger charge is -2.43. The molecule has 0 radical (unpaired) electrons. The van der Waals surface area contributed by atoms with E-state index in [2.05, 4.69) is 0 Å². The second-order valence-corrected chi connectivity index (χ2v) is 9.69. The van der Waals surface area contributed by atoms with Crippen LogP contribution in [0.15, 0.2) is 48.3 Å². The maximum absolute atomic E-state index is 9.79. The summed E-state index contributed by atoms with van der Waals surface area (Å²) in [7, 11) is 0. The van der Waals surface area contributed by atoms with E-state index < -0.39 is 212 Å². The Morgan fingerprint density at radius 1 is 0.632 bits per heavy atom. The van der Waals surface area contributed by atoms with E-state index in [1.165, 1.54) is 13.8 Å². The van der Waals surface area contributed by atoms with Gasteiger partial charge in [-0.1, -0.05) is 111 Å². The van der Waals surface area contributed by atoms with Gasteiger partial charge in [-0.2, -0.15) is 0 Å². The Balaban J connectivity index is 2.36. The first-order valence-electron chi connectivity index (χ1n) is 31.4. The van der Waals surface area contributed by atoms with Crippen molar-refractivity contribution in [3.05, 3.63) is 81.7 Å². The normalized spacial score (nSPS) is 44.0. The van der Waals surface area contributed by atoms with Crippen LogP contribution in [0.4, 0.5) is 0 Å². The maximum atomic E-state index is 9.79. The van der Waals surface area contributed by atoms with Crippen LogP contribution in [0.1, 0.15) is 188 Å². The molecule has 2 aliphatic carbocycles. The van der Waals surface area contributed by atoms with Gasteiger partial charge in [0, 0.05) is 43.9 Å². The van der Waals surface area contributed by atoms with Gasteiger partial charge in [-0.25, -0.2) is 0 Å². The first-order chi connectivity index (χ1) is 34.0. The summed E-state index contributed by atoms with van der Waals surface area (Å²) in [5.41, 5.74) is -33.1. The van der Waals surface area contributed by atoms with E-state index in [1.54, 1.807) is 0 Å². The van der Waals surface area contributed by atoms with Crippen molar-refractivity contribution in [3.8, 4) is 22.3 Å². The first kappa shape index (κ1) is 6.75. The van der Waals surface area contributed by atoms with Crippen molar-refractivity contribution in [1.82, 2.24) is 0 Å². The standard InChI is InChI=1S/C38H50/c1-24(2)27-20-28(26-12-14-31-33(23-26)37(8,9)17-16-35(31,4)5)22-29(21-27)30-13-15-32-34(25(30)3)38(10,11)19-18-36(32,6)7/h12-15,20-24H,16-19H2,1-11H3/i4D3,5D3,6D3,7D3,8D3,9D3,10D3,11D3,12D,13D,14D,15D,16D2,17D2,18D2,19D2,20D,21D,22D,23D. The number of benzene rings is 3. The highest BCUT2D eigenvalue weighted by molar-refractivity contribution is 5.78. The number of rotatable bonds is 3. The molecule has 2 aliphatic rings. The van der Waals surface area contributed by atoms with E-state index in [1.807, 2.05) is 0 Å². The fourth-order valence-corrected chi connectivity index (χ4v) is 4.34. The van der Waals surface area contributed by atoms with E-state index in [4.69, 9.17) is 38.4 Å². The predicted octanol–water partition coefficient (Wildman–Crippen LogP) is 11.2. The smallest absolute Gasteiger partial charge is 0.0587 e. The summed E-state index contributed by atoms with van der Waals surface area (Å²) in [6, 6.07) is -12.9. The van der Waals surface area contributed by atoms with E-state index in [9.17, 15) is 16.4 Å². The van der Waals surface area contributed by atoms with Crippen LogP contribution in [-0.2, 0) is 21.7 Å². The maximum Gasteiger partial charge on any atom is 0.0636 e. The molecule has 0 amide bonds. The van der Waals surface area contributed by atoms with Gasteiger partial charge in [-0.15, -0.1) is 0 Å². The lowest BCUT2D eigenvalue weighted by atomic mass is 9.61. The van der Waals surface area contributed by atoms with Gasteiger partial charge in [-0.05, 0) is 122 Å². The summed E-state index contributed by atoms with van der Waals surface area (Å²) < 4.78 is 356. The molecule has 0 fully saturated rings. The van der Waals surface area contributed by atoms with Gasteiger partial charge in [0.1, 0.15) is 0 Å². The zero-order valence-electron chi connectivity index (χ0n) is 60.6. The first-order valence-corrected chi connectivity index (χ1v) is 11.4. The van der Waals surface area contributed by atoms with Crippen molar-refractivity contribution in [1.29, 1.82) is 0 Å². The highest BCUT2D eigenvalue weighted by Gasteiger charge is 2.39. The molecule has 5 rings (SSSR count). The average Bonchev–Trinajstić information content (AvgIpc) is 3.15. The minimum absolute atomic E-state index is 0.619. The molecule has 0 heteroatoms. The second kappa shape index (κ2) is 8.84. The molecule has 3 aromatic rings. The third-order valence-corrected chi connectivity index (χ3v) is 6.35. The largest absolute Gasteiger partial charge is 0.0636 e. The molecule has 202 valence electrons. The van der Waals surface area contributed by atoms with Crippen molar-refractivity contribution in [3.63, 3.8) is 0 Å². The summed E-state index contributed by atoms with van der Waals surface area (Å²) in [5, 5.41) is 0. The molecule has 0 aliphatic heterocycles. The van der Waals surface area contributed by atoms with Gasteiger partial charge >= 0.3 is 0 Å². The van der Waals surface area contributed by atoms with Crippen molar-refractivity contribution in [2.75, 3.05) is 0 Å². The summed E-state index contributed by atoms with van der Waals surface area (Å²) in [5.74, 6) is -1.28. The van der Waals surface area contributed by atoms with E-state index in [0.717, 1.165) is 0 Å². The zero-order chi connectivity index (χ0) is 62.0. The van der Waals surface area contributed by atoms with E-state index >= 15 is 0 Å². The van der Waals surface area contributed by atoms with Crippen molar-refractivity contribution in [2.24, 2.45) is 0 Å². The topological polar surface area (TPSA) is 0 Å². The summed E-state index contributed by atoms with van der Waals surface area (Å²) >= 11 is 0. The average molecular weight is 547 g/mol. The molecule has 0 aromatic heterocycles. The van der Waals surface area contributed by atoms with Crippen LogP contribution in [0.3, 0.4) is 0 Å². The van der Waals surface area contributed by atoms with Crippen molar-refractivity contribution in [2.45, 2.75) is 129 Å². The molecule has 0 spiro atoms. The molecule has 0 nitrogen and oxygen atoms in total. The summed E-state index contributed by atoms with van der Waals surface area (Å²) in [4.78, 5) is 0. The lowest BCUT2D eigenvalue weighted by molar-refractivity contribution is 0.330. The van der Waals surface area contributed by atoms with Gasteiger partial charge in [0.15, 0.2) is 0 Å². The SMILES string of the molecule is [2H]c1c([2H])c2c(c([2H])c1-c1c([2H])c(-c3c([2H])c([2H])c4c(c3C)C(C([2H])([2H])[2H])(C([2H])([2H])[2H])C([2H])([2H])C([2H])([2H])C4(C([2H])([2H])[2H])C([2H])([2H])[2H])c([2H])c(C(C)C)c1[2H])C(C([2H])([2H])[2H])(C([2H])([2H])[2H])C([2H])([2H])C([2H])([2H])C2(C([2H])([2H])[2H])C([2H])([2H])[2H]. The van der Waals surface area contributed by atoms with Gasteiger partial charge in [0.2, 0.25) is 0 Å². The Morgan fingerprint density at radius 3 is 1.82 bits per heavy atom. The lowest BCUT2D eigenvalue weighted by Crippen LogP contribution is -2.34. The minimum Gasteiger partial charge on any atom is -0.0587 e. The van der Waals surface area contributed by atoms with Crippen molar-refractivity contribution >= 4 is 0 Å². The van der Waals surface area contributed by atoms with Crippen LogP contribution in [0, 0.1) is 6.92 Å². The third-order valence-electron chi connectivity index (χ3n) is 6.35. The van der Waals surface area contributed by atoms with Crippen LogP contribution in [0.2, 0.25) is 0 Å². The number of hydrogen-bond acceptors (Lipinski definition) is 0. The molecule has 0 bridgehead atoms. The van der Waals surface area contributed by atoms with Crippen LogP contribution in [0.25, 0.3) is 22.3 Å². The highest BCUT2D eigenvalue weighted by atomic mass is 14.4. The summed E-state index contributed by atoms with van der Waals surface area (Å²) in [6.07, 6.45) is -19.0. The Labute approximate surface area is 289 Å². The molecule has 3 aromatic carbocycles. The molecule has 0 saturated carbocycles. The van der Waals surface area contributed by atoms with Crippen LogP contribution < -0.4 is 0 Å². The zero-order valence-corrected chi connectivity index (χ0v) is 20.6. The van der Waals surface area contributed by atoms with E-state index in [0.29, 0.717) is 6.92 Å². The molecule has 0 saturated heterocycles. The molecular formula is C38H50. The Kier molecular flexibility index (Phi) is 1.57. The Morgan fingerprint density at radius 2 is 1.18 bits per heavy atom. The minimum atomic E-state index is -4.83. The second-order valence-electron chi connectivity index (χ2n) is 9.69. The molecule has 0 unspecified atom stereocenters. The van der Waals surface area contributed by atoms with Crippen LogP contribution in [0.5, 0.6) is 0 Å². The van der Waals surface area contributed by atoms with E-state index in [-0.39, 0.29) is 0 Å². The van der Waals surface area contributed by atoms with Gasteiger partial charge in [0.25, 0.3) is 0 Å². The molecule has 38 heavy (non-hydrogen) atoms. The predicted molar refractivity (Wildman–Crippen MR) is 167 cm³/mol. The molecule has 0 N–H and O–H groups in total. The number of hydrogen-bond donors (Lipinski definition) is 0. The van der Waals surface area contributed by atoms with Gasteiger partial charge < -0.3 is 0 Å².